The third-order valence-corrected chi connectivity index (χ3v) is 7.25. The molecule has 0 saturated carbocycles. The molecule has 12 heteroatoms. The molecule has 2 aromatic heterocycles. The highest BCUT2D eigenvalue weighted by molar-refractivity contribution is 7.92. The van der Waals surface area contributed by atoms with Crippen LogP contribution >= 0.6 is 12.2 Å². The van der Waals surface area contributed by atoms with E-state index in [1.54, 1.807) is 42.6 Å². The van der Waals surface area contributed by atoms with Crippen molar-refractivity contribution in [1.29, 1.82) is 0 Å². The maximum Gasteiger partial charge on any atom is 0.337 e. The Kier molecular flexibility index (Phi) is 7.46. The summed E-state index contributed by atoms with van der Waals surface area (Å²) in [6.45, 7) is 0. The molecule has 1 aliphatic rings. The minimum atomic E-state index is -3.58. The number of aromatic nitrogens is 1. The molecule has 40 heavy (non-hydrogen) atoms. The number of sulfonamides is 1. The van der Waals surface area contributed by atoms with Crippen molar-refractivity contribution in [2.75, 3.05) is 30.1 Å². The minimum absolute atomic E-state index is 0.269. The Bertz CT molecular complexity index is 1670. The average molecular weight is 579 g/mol. The highest BCUT2D eigenvalue weighted by atomic mass is 32.2. The van der Waals surface area contributed by atoms with Crippen molar-refractivity contribution in [1.82, 2.24) is 10.3 Å². The first-order valence-electron chi connectivity index (χ1n) is 12.1. The smallest absolute Gasteiger partial charge is 0.337 e. The second-order valence-electron chi connectivity index (χ2n) is 9.03. The van der Waals surface area contributed by atoms with Crippen LogP contribution in [0.2, 0.25) is 0 Å². The van der Waals surface area contributed by atoms with Crippen molar-refractivity contribution >= 4 is 44.7 Å². The molecule has 0 aliphatic carbocycles. The molecule has 2 atom stereocenters. The fraction of sp³-hybridized carbons (Fsp3) is 0.179. The van der Waals surface area contributed by atoms with Crippen LogP contribution in [0.1, 0.15) is 33.9 Å². The third-order valence-electron chi connectivity index (χ3n) is 6.34. The number of benzene rings is 2. The van der Waals surface area contributed by atoms with Crippen molar-refractivity contribution in [3.63, 3.8) is 0 Å². The van der Waals surface area contributed by atoms with E-state index in [1.807, 2.05) is 41.3 Å². The molecule has 206 valence electrons. The van der Waals surface area contributed by atoms with Crippen LogP contribution in [0.25, 0.3) is 11.3 Å². The zero-order valence-corrected chi connectivity index (χ0v) is 23.5. The fourth-order valence-corrected chi connectivity index (χ4v) is 5.54. The van der Waals surface area contributed by atoms with E-state index in [0.717, 1.165) is 11.9 Å². The Labute approximate surface area is 237 Å². The number of esters is 1. The van der Waals surface area contributed by atoms with Crippen LogP contribution < -0.4 is 19.7 Å². The summed E-state index contributed by atoms with van der Waals surface area (Å²) < 4.78 is 43.2. The highest BCUT2D eigenvalue weighted by Gasteiger charge is 2.43. The summed E-state index contributed by atoms with van der Waals surface area (Å²) >= 11 is 5.77. The molecule has 1 fully saturated rings. The van der Waals surface area contributed by atoms with Gasteiger partial charge in [0.15, 0.2) is 5.11 Å². The lowest BCUT2D eigenvalue weighted by Crippen LogP contribution is -2.29. The molecule has 0 bridgehead atoms. The lowest BCUT2D eigenvalue weighted by molar-refractivity contribution is 0.0600. The first-order chi connectivity index (χ1) is 19.2. The minimum Gasteiger partial charge on any atom is -0.495 e. The summed E-state index contributed by atoms with van der Waals surface area (Å²) in [5.74, 6) is 1.04. The molecule has 2 aromatic carbocycles. The van der Waals surface area contributed by atoms with Gasteiger partial charge in [-0.1, -0.05) is 18.2 Å². The van der Waals surface area contributed by atoms with E-state index in [2.05, 4.69) is 15.0 Å². The van der Waals surface area contributed by atoms with Gasteiger partial charge in [0.05, 0.1) is 43.5 Å². The lowest BCUT2D eigenvalue weighted by Gasteiger charge is -2.27. The number of thiocarbonyl (C=S) groups is 1. The van der Waals surface area contributed by atoms with Gasteiger partial charge >= 0.3 is 5.97 Å². The number of pyridine rings is 1. The van der Waals surface area contributed by atoms with Crippen LogP contribution in [0.4, 0.5) is 11.4 Å². The topological polar surface area (TPSA) is 123 Å². The zero-order chi connectivity index (χ0) is 28.4. The molecule has 0 radical (unpaired) electrons. The van der Waals surface area contributed by atoms with Gasteiger partial charge in [0.2, 0.25) is 10.0 Å². The summed E-state index contributed by atoms with van der Waals surface area (Å²) in [5, 5.41) is 3.75. The van der Waals surface area contributed by atoms with Gasteiger partial charge in [-0.05, 0) is 66.8 Å². The number of hydrogen-bond acceptors (Lipinski definition) is 8. The molecule has 0 unspecified atom stereocenters. The molecule has 2 N–H and O–H groups in total. The zero-order valence-electron chi connectivity index (χ0n) is 21.8. The second-order valence-corrected chi connectivity index (χ2v) is 11.2. The number of ether oxygens (including phenoxy) is 2. The van der Waals surface area contributed by atoms with Crippen LogP contribution in [0.3, 0.4) is 0 Å². The number of anilines is 2. The van der Waals surface area contributed by atoms with Gasteiger partial charge in [-0.2, -0.15) is 0 Å². The summed E-state index contributed by atoms with van der Waals surface area (Å²) in [4.78, 5) is 18.5. The Hall–Kier alpha value is -4.42. The summed E-state index contributed by atoms with van der Waals surface area (Å²) in [6, 6.07) is 20.5. The maximum atomic E-state index is 12.1. The third kappa shape index (κ3) is 5.49. The van der Waals surface area contributed by atoms with Crippen molar-refractivity contribution in [2.24, 2.45) is 0 Å². The molecular formula is C28H26N4O6S2. The number of furan rings is 1. The normalized spacial score (nSPS) is 16.9. The molecule has 4 aromatic rings. The van der Waals surface area contributed by atoms with Crippen molar-refractivity contribution in [2.45, 2.75) is 12.1 Å². The van der Waals surface area contributed by atoms with E-state index in [9.17, 15) is 13.2 Å². The number of rotatable bonds is 8. The standard InChI is InChI=1S/C28H26N4O6S2/c1-36-23-11-10-19(16-21(23)31-40(3,34)35)32-26(25(30-28(32)39)20-9-4-5-14-29-20)24-13-12-22(38-24)17-7-6-8-18(15-17)27(33)37-2/h4-16,25-26,31H,1-3H3,(H,30,39)/t25-,26-/m1/s1. The largest absolute Gasteiger partial charge is 0.495 e. The molecule has 0 spiro atoms. The van der Waals surface area contributed by atoms with E-state index >= 15 is 0 Å². The van der Waals surface area contributed by atoms with Crippen LogP contribution in [-0.4, -0.2) is 45.0 Å². The van der Waals surface area contributed by atoms with Gasteiger partial charge < -0.3 is 24.1 Å². The molecule has 0 amide bonds. The Morgan fingerprint density at radius 3 is 2.60 bits per heavy atom. The summed E-state index contributed by atoms with van der Waals surface area (Å²) in [7, 11) is -0.786. The molecule has 1 aliphatic heterocycles. The first kappa shape index (κ1) is 27.2. The summed E-state index contributed by atoms with van der Waals surface area (Å²) in [5.41, 5.74) is 2.72. The van der Waals surface area contributed by atoms with Crippen LogP contribution in [0, 0.1) is 0 Å². The van der Waals surface area contributed by atoms with E-state index in [0.29, 0.717) is 39.2 Å². The van der Waals surface area contributed by atoms with E-state index in [1.165, 1.54) is 14.2 Å². The van der Waals surface area contributed by atoms with Gasteiger partial charge in [0.1, 0.15) is 23.3 Å². The van der Waals surface area contributed by atoms with E-state index in [4.69, 9.17) is 26.1 Å². The predicted molar refractivity (Wildman–Crippen MR) is 155 cm³/mol. The predicted octanol–water partition coefficient (Wildman–Crippen LogP) is 4.69. The molecule has 3 heterocycles. The van der Waals surface area contributed by atoms with Crippen LogP contribution in [0.15, 0.2) is 83.4 Å². The lowest BCUT2D eigenvalue weighted by atomic mass is 10.0. The number of nitrogens with one attached hydrogen (secondary N) is 2. The van der Waals surface area contributed by atoms with Gasteiger partial charge in [-0.15, -0.1) is 0 Å². The average Bonchev–Trinajstić information content (AvgIpc) is 3.57. The van der Waals surface area contributed by atoms with Crippen molar-refractivity contribution < 1.29 is 27.1 Å². The first-order valence-corrected chi connectivity index (χ1v) is 14.4. The second kappa shape index (κ2) is 11.0. The van der Waals surface area contributed by atoms with Gasteiger partial charge in [-0.3, -0.25) is 9.71 Å². The fourth-order valence-electron chi connectivity index (χ4n) is 4.63. The van der Waals surface area contributed by atoms with Crippen LogP contribution in [-0.2, 0) is 14.8 Å². The summed E-state index contributed by atoms with van der Waals surface area (Å²) in [6.07, 6.45) is 2.77. The Morgan fingerprint density at radius 2 is 1.90 bits per heavy atom. The Morgan fingerprint density at radius 1 is 1.07 bits per heavy atom. The van der Waals surface area contributed by atoms with Crippen molar-refractivity contribution in [3.05, 3.63) is 96.0 Å². The SMILES string of the molecule is COC(=O)c1cccc(-c2ccc([C@@H]3[C@@H](c4ccccn4)NC(=S)N3c3ccc(OC)c(NS(C)(=O)=O)c3)o2)c1. The number of hydrogen-bond donors (Lipinski definition) is 2. The monoisotopic (exact) mass is 578 g/mol. The number of carbonyl (C=O) groups excluding carboxylic acids is 1. The Balaban J connectivity index is 1.60. The number of nitrogens with zero attached hydrogens (tertiary/aromatic N) is 2. The van der Waals surface area contributed by atoms with Gasteiger partial charge in [-0.25, -0.2) is 13.2 Å². The van der Waals surface area contributed by atoms with E-state index in [-0.39, 0.29) is 11.7 Å². The number of methoxy groups -OCH3 is 2. The van der Waals surface area contributed by atoms with Crippen molar-refractivity contribution in [3.8, 4) is 17.1 Å². The van der Waals surface area contributed by atoms with Gasteiger partial charge in [0.25, 0.3) is 0 Å². The molecular weight excluding hydrogens is 552 g/mol. The number of carbonyl (C=O) groups is 1. The van der Waals surface area contributed by atoms with Gasteiger partial charge in [0, 0.05) is 17.4 Å². The molecule has 10 nitrogen and oxygen atoms in total. The maximum absolute atomic E-state index is 12.1. The van der Waals surface area contributed by atoms with E-state index < -0.39 is 22.0 Å². The quantitative estimate of drug-likeness (QED) is 0.225. The molecule has 1 saturated heterocycles. The van der Waals surface area contributed by atoms with Crippen LogP contribution in [0.5, 0.6) is 5.75 Å². The molecule has 5 rings (SSSR count). The highest BCUT2D eigenvalue weighted by Crippen LogP contribution is 2.44.